The van der Waals surface area contributed by atoms with Crippen molar-refractivity contribution in [3.63, 3.8) is 0 Å². The Kier molecular flexibility index (Phi) is 4.59. The summed E-state index contributed by atoms with van der Waals surface area (Å²) in [6.07, 6.45) is 0. The lowest BCUT2D eigenvalue weighted by atomic mass is 10.0. The average molecular weight is 292 g/mol. The number of ether oxygens (including phenoxy) is 2. The topological polar surface area (TPSA) is 76.7 Å². The van der Waals surface area contributed by atoms with Gasteiger partial charge in [-0.15, -0.1) is 0 Å². The third-order valence-corrected chi connectivity index (χ3v) is 3.47. The van der Waals surface area contributed by atoms with Crippen molar-refractivity contribution in [1.29, 1.82) is 0 Å². The molecular formula is C15H20N2O4. The van der Waals surface area contributed by atoms with E-state index >= 15 is 0 Å². The van der Waals surface area contributed by atoms with E-state index in [0.29, 0.717) is 11.3 Å². The number of hydrogen-bond acceptors (Lipinski definition) is 5. The highest BCUT2D eigenvalue weighted by molar-refractivity contribution is 5.94. The van der Waals surface area contributed by atoms with Crippen LogP contribution in [0.4, 0.5) is 5.69 Å². The first-order valence-electron chi connectivity index (χ1n) is 6.77. The molecule has 1 fully saturated rings. The highest BCUT2D eigenvalue weighted by atomic mass is 16.5. The van der Waals surface area contributed by atoms with Crippen LogP contribution in [0.2, 0.25) is 0 Å². The summed E-state index contributed by atoms with van der Waals surface area (Å²) >= 11 is 0. The number of esters is 1. The van der Waals surface area contributed by atoms with E-state index in [9.17, 15) is 9.59 Å². The van der Waals surface area contributed by atoms with Gasteiger partial charge in [0.1, 0.15) is 6.61 Å². The zero-order valence-electron chi connectivity index (χ0n) is 12.5. The van der Waals surface area contributed by atoms with E-state index in [0.717, 1.165) is 18.7 Å². The molecule has 1 aromatic rings. The van der Waals surface area contributed by atoms with Gasteiger partial charge in [0.05, 0.1) is 18.3 Å². The van der Waals surface area contributed by atoms with Gasteiger partial charge in [-0.25, -0.2) is 4.79 Å². The molecular weight excluding hydrogens is 272 g/mol. The zero-order chi connectivity index (χ0) is 15.5. The first kappa shape index (κ1) is 15.5. The van der Waals surface area contributed by atoms with Crippen LogP contribution in [0, 0.1) is 6.92 Å². The Labute approximate surface area is 123 Å². The van der Waals surface area contributed by atoms with Crippen molar-refractivity contribution in [3.05, 3.63) is 29.3 Å². The van der Waals surface area contributed by atoms with E-state index in [4.69, 9.17) is 4.74 Å². The van der Waals surface area contributed by atoms with Crippen LogP contribution < -0.4 is 10.6 Å². The molecule has 114 valence electrons. The number of carbonyl (C=O) groups is 2. The zero-order valence-corrected chi connectivity index (χ0v) is 12.5. The molecule has 21 heavy (non-hydrogen) atoms. The molecule has 1 aromatic carbocycles. The van der Waals surface area contributed by atoms with Crippen molar-refractivity contribution in [3.8, 4) is 0 Å². The molecule has 0 unspecified atom stereocenters. The lowest BCUT2D eigenvalue weighted by molar-refractivity contribution is -0.130. The van der Waals surface area contributed by atoms with Crippen molar-refractivity contribution in [1.82, 2.24) is 5.32 Å². The van der Waals surface area contributed by atoms with Crippen LogP contribution in [0.3, 0.4) is 0 Å². The molecule has 2 rings (SSSR count). The van der Waals surface area contributed by atoms with Gasteiger partial charge in [-0.3, -0.25) is 4.79 Å². The number of nitrogens with one attached hydrogen (secondary N) is 2. The minimum absolute atomic E-state index is 0.0103. The molecule has 6 heteroatoms. The van der Waals surface area contributed by atoms with E-state index < -0.39 is 5.97 Å². The quantitative estimate of drug-likeness (QED) is 0.795. The maximum atomic E-state index is 11.9. The molecule has 0 bridgehead atoms. The van der Waals surface area contributed by atoms with Gasteiger partial charge in [-0.05, 0) is 37.6 Å². The number of aryl methyl sites for hydroxylation is 1. The Balaban J connectivity index is 1.92. The lowest BCUT2D eigenvalue weighted by Gasteiger charge is -2.38. The maximum absolute atomic E-state index is 11.9. The second-order valence-corrected chi connectivity index (χ2v) is 5.41. The highest BCUT2D eigenvalue weighted by Crippen LogP contribution is 2.18. The molecule has 1 aliphatic heterocycles. The molecule has 1 amide bonds. The average Bonchev–Trinajstić information content (AvgIpc) is 2.44. The van der Waals surface area contributed by atoms with E-state index in [1.165, 1.54) is 7.11 Å². The standard InChI is InChI=1S/C15H20N2O4/c1-10-6-11(14(19)20-3)4-5-12(10)17-13(18)7-21-15(2)8-16-9-15/h4-6,16H,7-9H2,1-3H3,(H,17,18). The monoisotopic (exact) mass is 292 g/mol. The summed E-state index contributed by atoms with van der Waals surface area (Å²) in [7, 11) is 1.33. The number of methoxy groups -OCH3 is 1. The number of carbonyl (C=O) groups excluding carboxylic acids is 2. The predicted molar refractivity (Wildman–Crippen MR) is 78.4 cm³/mol. The van der Waals surface area contributed by atoms with Gasteiger partial charge in [0.15, 0.2) is 0 Å². The second kappa shape index (κ2) is 6.24. The van der Waals surface area contributed by atoms with Crippen LogP contribution in [0.5, 0.6) is 0 Å². The molecule has 0 radical (unpaired) electrons. The van der Waals surface area contributed by atoms with E-state index in [-0.39, 0.29) is 18.1 Å². The molecule has 0 atom stereocenters. The fourth-order valence-electron chi connectivity index (χ4n) is 2.05. The summed E-state index contributed by atoms with van der Waals surface area (Å²) in [4.78, 5) is 23.3. The van der Waals surface area contributed by atoms with E-state index in [1.54, 1.807) is 18.2 Å². The largest absolute Gasteiger partial charge is 0.465 e. The second-order valence-electron chi connectivity index (χ2n) is 5.41. The summed E-state index contributed by atoms with van der Waals surface area (Å²) < 4.78 is 10.2. The van der Waals surface area contributed by atoms with Crippen LogP contribution in [0.15, 0.2) is 18.2 Å². The summed E-state index contributed by atoms with van der Waals surface area (Å²) in [6.45, 7) is 5.31. The minimum Gasteiger partial charge on any atom is -0.465 e. The van der Waals surface area contributed by atoms with Gasteiger partial charge >= 0.3 is 5.97 Å². The summed E-state index contributed by atoms with van der Waals surface area (Å²) in [5.74, 6) is -0.609. The van der Waals surface area contributed by atoms with Gasteiger partial charge in [0, 0.05) is 18.8 Å². The molecule has 2 N–H and O–H groups in total. The normalized spacial score (nSPS) is 16.0. The molecule has 1 saturated heterocycles. The molecule has 6 nitrogen and oxygen atoms in total. The SMILES string of the molecule is COC(=O)c1ccc(NC(=O)COC2(C)CNC2)c(C)c1. The van der Waals surface area contributed by atoms with Crippen molar-refractivity contribution in [2.75, 3.05) is 32.1 Å². The van der Waals surface area contributed by atoms with E-state index in [2.05, 4.69) is 15.4 Å². The summed E-state index contributed by atoms with van der Waals surface area (Å²) in [5, 5.41) is 5.88. The molecule has 0 aliphatic carbocycles. The Morgan fingerprint density at radius 1 is 1.38 bits per heavy atom. The Morgan fingerprint density at radius 3 is 2.62 bits per heavy atom. The predicted octanol–water partition coefficient (Wildman–Crippen LogP) is 1.10. The van der Waals surface area contributed by atoms with Crippen LogP contribution >= 0.6 is 0 Å². The van der Waals surface area contributed by atoms with Gasteiger partial charge in [0.25, 0.3) is 0 Å². The smallest absolute Gasteiger partial charge is 0.337 e. The summed E-state index contributed by atoms with van der Waals surface area (Å²) in [5.41, 5.74) is 1.66. The number of hydrogen-bond donors (Lipinski definition) is 2. The van der Waals surface area contributed by atoms with Crippen LogP contribution in [0.25, 0.3) is 0 Å². The Bertz CT molecular complexity index is 553. The molecule has 1 aliphatic rings. The molecule has 0 aromatic heterocycles. The Morgan fingerprint density at radius 2 is 2.10 bits per heavy atom. The number of benzene rings is 1. The maximum Gasteiger partial charge on any atom is 0.337 e. The van der Waals surface area contributed by atoms with Crippen molar-refractivity contribution >= 4 is 17.6 Å². The first-order chi connectivity index (χ1) is 9.93. The van der Waals surface area contributed by atoms with Crippen LogP contribution in [-0.4, -0.2) is 44.3 Å². The van der Waals surface area contributed by atoms with Crippen molar-refractivity contribution in [2.24, 2.45) is 0 Å². The van der Waals surface area contributed by atoms with Crippen molar-refractivity contribution in [2.45, 2.75) is 19.4 Å². The number of amides is 1. The third kappa shape index (κ3) is 3.80. The number of rotatable bonds is 5. The van der Waals surface area contributed by atoms with Crippen LogP contribution in [-0.2, 0) is 14.3 Å². The van der Waals surface area contributed by atoms with Gasteiger partial charge in [-0.2, -0.15) is 0 Å². The lowest BCUT2D eigenvalue weighted by Crippen LogP contribution is -2.59. The molecule has 0 saturated carbocycles. The summed E-state index contributed by atoms with van der Waals surface area (Å²) in [6, 6.07) is 4.98. The third-order valence-electron chi connectivity index (χ3n) is 3.47. The fourth-order valence-corrected chi connectivity index (χ4v) is 2.05. The Hall–Kier alpha value is -1.92. The van der Waals surface area contributed by atoms with Crippen molar-refractivity contribution < 1.29 is 19.1 Å². The minimum atomic E-state index is -0.398. The van der Waals surface area contributed by atoms with E-state index in [1.807, 2.05) is 13.8 Å². The van der Waals surface area contributed by atoms with Gasteiger partial charge in [-0.1, -0.05) is 0 Å². The van der Waals surface area contributed by atoms with Gasteiger partial charge < -0.3 is 20.1 Å². The fraction of sp³-hybridized carbons (Fsp3) is 0.467. The number of anilines is 1. The first-order valence-corrected chi connectivity index (χ1v) is 6.77. The molecule has 0 spiro atoms. The highest BCUT2D eigenvalue weighted by Gasteiger charge is 2.33. The van der Waals surface area contributed by atoms with Crippen LogP contribution in [0.1, 0.15) is 22.8 Å². The molecule has 1 heterocycles. The van der Waals surface area contributed by atoms with Gasteiger partial charge in [0.2, 0.25) is 5.91 Å².